The second-order valence-electron chi connectivity index (χ2n) is 10.0. The van der Waals surface area contributed by atoms with Gasteiger partial charge in [-0.05, 0) is 84.8 Å². The quantitative estimate of drug-likeness (QED) is 0.367. The molecule has 38 heavy (non-hydrogen) atoms. The first kappa shape index (κ1) is 26.6. The van der Waals surface area contributed by atoms with E-state index in [1.54, 1.807) is 0 Å². The summed E-state index contributed by atoms with van der Waals surface area (Å²) < 4.78 is 0. The van der Waals surface area contributed by atoms with Crippen molar-refractivity contribution in [2.24, 2.45) is 0 Å². The summed E-state index contributed by atoms with van der Waals surface area (Å²) in [5.74, 6) is 0.238. The molecule has 6 heteroatoms. The van der Waals surface area contributed by atoms with E-state index in [0.29, 0.717) is 37.5 Å². The Balaban J connectivity index is 1.40. The van der Waals surface area contributed by atoms with Crippen LogP contribution in [-0.4, -0.2) is 41.5 Å². The first-order valence-corrected chi connectivity index (χ1v) is 13.9. The number of aliphatic hydroxyl groups excluding tert-OH is 1. The highest BCUT2D eigenvalue weighted by Gasteiger charge is 2.28. The number of hydrogen-bond donors (Lipinski definition) is 1. The zero-order chi connectivity index (χ0) is 26.6. The molecule has 1 fully saturated rings. The number of nitrogens with zero attached hydrogens (tertiary/aromatic N) is 2. The van der Waals surface area contributed by atoms with E-state index in [0.717, 1.165) is 51.6 Å². The molecule has 0 bridgehead atoms. The Kier molecular flexibility index (Phi) is 8.23. The van der Waals surface area contributed by atoms with Crippen LogP contribution in [0.3, 0.4) is 0 Å². The molecular formula is C32H32Cl2N2O2. The number of carbonyl (C=O) groups is 1. The van der Waals surface area contributed by atoms with Gasteiger partial charge in [0, 0.05) is 35.2 Å². The maximum atomic E-state index is 12.9. The largest absolute Gasteiger partial charge is 0.389 e. The number of aliphatic hydroxyl groups is 1. The number of benzene rings is 3. The summed E-state index contributed by atoms with van der Waals surface area (Å²) in [6, 6.07) is 22.3. The molecule has 2 aliphatic rings. The molecule has 1 heterocycles. The van der Waals surface area contributed by atoms with Crippen LogP contribution in [0.25, 0.3) is 11.1 Å². The molecule has 0 radical (unpaired) electrons. The fourth-order valence-corrected chi connectivity index (χ4v) is 5.71. The number of aryl methyl sites for hydroxylation is 1. The van der Waals surface area contributed by atoms with Gasteiger partial charge in [-0.3, -0.25) is 4.79 Å². The van der Waals surface area contributed by atoms with Crippen LogP contribution in [0.2, 0.25) is 10.0 Å². The lowest BCUT2D eigenvalue weighted by Crippen LogP contribution is -2.36. The average Bonchev–Trinajstić information content (AvgIpc) is 2.96. The minimum Gasteiger partial charge on any atom is -0.389 e. The van der Waals surface area contributed by atoms with E-state index in [9.17, 15) is 9.90 Å². The van der Waals surface area contributed by atoms with Gasteiger partial charge in [0.1, 0.15) is 0 Å². The zero-order valence-electron chi connectivity index (χ0n) is 21.5. The number of fused-ring (bicyclic) bond motifs is 1. The molecular weight excluding hydrogens is 515 g/mol. The monoisotopic (exact) mass is 546 g/mol. The summed E-state index contributed by atoms with van der Waals surface area (Å²) in [6.45, 7) is 3.82. The van der Waals surface area contributed by atoms with Gasteiger partial charge in [-0.15, -0.1) is 0 Å². The standard InChI is InChI=1S/C32H32Cl2N2O2/c1-22-18-27(34)11-13-30(22)36-16-3-6-29(38)21-35(31-14-12-28(37)20-32(31)36)17-15-23-7-9-24(10-8-23)25-4-2-5-26(33)19-25/h2,4-5,7-11,13-14,18-20,28,37H,3,6,12,15-17,21H2,1H3/t28-/m1/s1. The van der Waals surface area contributed by atoms with Crippen molar-refractivity contribution >= 4 is 34.7 Å². The lowest BCUT2D eigenvalue weighted by Gasteiger charge is -2.37. The molecule has 0 spiro atoms. The van der Waals surface area contributed by atoms with Gasteiger partial charge < -0.3 is 14.9 Å². The van der Waals surface area contributed by atoms with Gasteiger partial charge >= 0.3 is 0 Å². The number of carbonyl (C=O) groups excluding carboxylic acids is 1. The highest BCUT2D eigenvalue weighted by atomic mass is 35.5. The van der Waals surface area contributed by atoms with Gasteiger partial charge in [-0.25, -0.2) is 0 Å². The molecule has 4 nitrogen and oxygen atoms in total. The summed E-state index contributed by atoms with van der Waals surface area (Å²) in [6.07, 6.45) is 6.07. The van der Waals surface area contributed by atoms with E-state index in [-0.39, 0.29) is 5.78 Å². The molecule has 0 unspecified atom stereocenters. The molecule has 0 aromatic heterocycles. The zero-order valence-corrected chi connectivity index (χ0v) is 23.1. The summed E-state index contributed by atoms with van der Waals surface area (Å²) in [7, 11) is 0. The topological polar surface area (TPSA) is 43.8 Å². The number of halogens is 2. The maximum Gasteiger partial charge on any atom is 0.152 e. The number of Topliss-reactive ketones (excluding diaryl/α,β-unsaturated/α-hetero) is 1. The first-order valence-electron chi connectivity index (χ1n) is 13.1. The van der Waals surface area contributed by atoms with E-state index in [2.05, 4.69) is 46.2 Å². The van der Waals surface area contributed by atoms with Gasteiger partial charge in [0.15, 0.2) is 5.78 Å². The summed E-state index contributed by atoms with van der Waals surface area (Å²) >= 11 is 12.4. The molecule has 0 amide bonds. The van der Waals surface area contributed by atoms with Crippen molar-refractivity contribution in [2.45, 2.75) is 38.7 Å². The van der Waals surface area contributed by atoms with Crippen molar-refractivity contribution in [1.82, 2.24) is 4.90 Å². The molecule has 1 aliphatic carbocycles. The molecule has 1 saturated heterocycles. The first-order chi connectivity index (χ1) is 18.4. The fourth-order valence-electron chi connectivity index (χ4n) is 5.29. The molecule has 1 N–H and O–H groups in total. The Hall–Kier alpha value is -3.05. The van der Waals surface area contributed by atoms with Crippen molar-refractivity contribution in [3.05, 3.63) is 111 Å². The normalized spacial score (nSPS) is 18.2. The number of hydrogen-bond acceptors (Lipinski definition) is 4. The minimum atomic E-state index is -0.554. The Morgan fingerprint density at radius 1 is 0.947 bits per heavy atom. The Morgan fingerprint density at radius 2 is 1.74 bits per heavy atom. The molecule has 5 rings (SSSR count). The van der Waals surface area contributed by atoms with Crippen molar-refractivity contribution in [3.63, 3.8) is 0 Å². The third kappa shape index (κ3) is 6.15. The number of ketones is 1. The molecule has 1 atom stereocenters. The number of rotatable bonds is 5. The summed E-state index contributed by atoms with van der Waals surface area (Å²) in [5.41, 5.74) is 7.50. The SMILES string of the molecule is Cc1cc(Cl)ccc1N1CCCC(=O)CN(CCc2ccc(-c3cccc(Cl)c3)cc2)C2=CC[C@@H](O)C=C21. The van der Waals surface area contributed by atoms with E-state index in [1.165, 1.54) is 5.56 Å². The van der Waals surface area contributed by atoms with Gasteiger partial charge in [0.2, 0.25) is 0 Å². The van der Waals surface area contributed by atoms with Crippen LogP contribution >= 0.6 is 23.2 Å². The third-order valence-electron chi connectivity index (χ3n) is 7.23. The van der Waals surface area contributed by atoms with Crippen LogP contribution in [0.15, 0.2) is 90.3 Å². The van der Waals surface area contributed by atoms with E-state index < -0.39 is 6.10 Å². The van der Waals surface area contributed by atoms with Crippen LogP contribution in [-0.2, 0) is 11.2 Å². The predicted molar refractivity (Wildman–Crippen MR) is 157 cm³/mol. The van der Waals surface area contributed by atoms with Crippen LogP contribution in [0, 0.1) is 6.92 Å². The highest BCUT2D eigenvalue weighted by Crippen LogP contribution is 2.34. The third-order valence-corrected chi connectivity index (χ3v) is 7.70. The Labute approximate surface area is 234 Å². The van der Waals surface area contributed by atoms with Gasteiger partial charge in [-0.1, -0.05) is 65.7 Å². The fraction of sp³-hybridized carbons (Fsp3) is 0.281. The van der Waals surface area contributed by atoms with Gasteiger partial charge in [0.25, 0.3) is 0 Å². The minimum absolute atomic E-state index is 0.238. The molecule has 196 valence electrons. The lowest BCUT2D eigenvalue weighted by atomic mass is 10.0. The second kappa shape index (κ2) is 11.8. The summed E-state index contributed by atoms with van der Waals surface area (Å²) in [4.78, 5) is 17.4. The van der Waals surface area contributed by atoms with Crippen LogP contribution < -0.4 is 4.90 Å². The highest BCUT2D eigenvalue weighted by molar-refractivity contribution is 6.31. The Bertz CT molecular complexity index is 1380. The predicted octanol–water partition coefficient (Wildman–Crippen LogP) is 7.22. The second-order valence-corrected chi connectivity index (χ2v) is 10.9. The van der Waals surface area contributed by atoms with Crippen molar-refractivity contribution < 1.29 is 9.90 Å². The molecule has 3 aromatic rings. The van der Waals surface area contributed by atoms with Gasteiger partial charge in [-0.2, -0.15) is 0 Å². The van der Waals surface area contributed by atoms with Gasteiger partial charge in [0.05, 0.1) is 24.0 Å². The van der Waals surface area contributed by atoms with Crippen LogP contribution in [0.4, 0.5) is 5.69 Å². The smallest absolute Gasteiger partial charge is 0.152 e. The maximum absolute atomic E-state index is 12.9. The van der Waals surface area contributed by atoms with Crippen LogP contribution in [0.1, 0.15) is 30.4 Å². The van der Waals surface area contributed by atoms with Crippen molar-refractivity contribution in [1.29, 1.82) is 0 Å². The van der Waals surface area contributed by atoms with E-state index in [4.69, 9.17) is 23.2 Å². The molecule has 0 saturated carbocycles. The summed E-state index contributed by atoms with van der Waals surface area (Å²) in [5, 5.41) is 12.0. The van der Waals surface area contributed by atoms with Crippen LogP contribution in [0.5, 0.6) is 0 Å². The molecule has 1 aliphatic heterocycles. The van der Waals surface area contributed by atoms with Crippen molar-refractivity contribution in [2.75, 3.05) is 24.5 Å². The number of anilines is 1. The van der Waals surface area contributed by atoms with E-state index >= 15 is 0 Å². The van der Waals surface area contributed by atoms with E-state index in [1.807, 2.05) is 49.4 Å². The Morgan fingerprint density at radius 3 is 2.50 bits per heavy atom. The lowest BCUT2D eigenvalue weighted by molar-refractivity contribution is -0.119. The van der Waals surface area contributed by atoms with Crippen molar-refractivity contribution in [3.8, 4) is 11.1 Å². The molecule has 3 aromatic carbocycles. The average molecular weight is 548 g/mol.